The quantitative estimate of drug-likeness (QED) is 0.268. The minimum atomic E-state index is 0.0324. The number of rotatable bonds is 13. The molecule has 2 aromatic carbocycles. The first kappa shape index (κ1) is 35.5. The van der Waals surface area contributed by atoms with Crippen LogP contribution >= 0.6 is 0 Å². The minimum absolute atomic E-state index is 0.0324. The Morgan fingerprint density at radius 3 is 1.76 bits per heavy atom. The molecular weight excluding hydrogens is 462 g/mol. The second kappa shape index (κ2) is 19.6. The Morgan fingerprint density at radius 2 is 1.34 bits per heavy atom. The smallest absolute Gasteiger partial charge is 0.143 e. The van der Waals surface area contributed by atoms with Gasteiger partial charge in [0.15, 0.2) is 0 Å². The fourth-order valence-corrected chi connectivity index (χ4v) is 4.82. The van der Waals surface area contributed by atoms with E-state index in [-0.39, 0.29) is 12.3 Å². The van der Waals surface area contributed by atoms with Crippen molar-refractivity contribution in [3.63, 3.8) is 0 Å². The van der Waals surface area contributed by atoms with Gasteiger partial charge in [0.25, 0.3) is 0 Å². The number of carbonyl (C=O) groups is 1. The molecule has 0 saturated heterocycles. The van der Waals surface area contributed by atoms with Gasteiger partial charge in [-0.1, -0.05) is 105 Å². The van der Waals surface area contributed by atoms with Crippen molar-refractivity contribution in [3.8, 4) is 0 Å². The van der Waals surface area contributed by atoms with E-state index < -0.39 is 0 Å². The number of aryl methyl sites for hydroxylation is 5. The van der Waals surface area contributed by atoms with E-state index in [9.17, 15) is 4.79 Å². The summed E-state index contributed by atoms with van der Waals surface area (Å²) in [5.74, 6) is 0.0324. The maximum Gasteiger partial charge on any atom is 0.143 e. The lowest BCUT2D eigenvalue weighted by atomic mass is 9.68. The van der Waals surface area contributed by atoms with Gasteiger partial charge in [0, 0.05) is 0 Å². The summed E-state index contributed by atoms with van der Waals surface area (Å²) in [7, 11) is 0. The predicted molar refractivity (Wildman–Crippen MR) is 170 cm³/mol. The largest absolute Gasteiger partial charge is 0.324 e. The zero-order valence-corrected chi connectivity index (χ0v) is 26.0. The van der Waals surface area contributed by atoms with Crippen LogP contribution in [-0.2, 0) is 17.6 Å². The zero-order chi connectivity index (χ0) is 29.1. The highest BCUT2D eigenvalue weighted by molar-refractivity contribution is 5.77. The highest BCUT2D eigenvalue weighted by atomic mass is 16.1. The molecule has 0 heterocycles. The summed E-state index contributed by atoms with van der Waals surface area (Å²) in [6, 6.07) is 15.5. The van der Waals surface area contributed by atoms with Crippen molar-refractivity contribution in [3.05, 3.63) is 94.6 Å². The van der Waals surface area contributed by atoms with Crippen LogP contribution in [0.4, 0.5) is 0 Å². The number of carbonyl (C=O) groups excluding carboxylic acids is 1. The second-order valence-electron chi connectivity index (χ2n) is 11.0. The third-order valence-electron chi connectivity index (χ3n) is 7.25. The van der Waals surface area contributed by atoms with E-state index in [4.69, 9.17) is 5.73 Å². The van der Waals surface area contributed by atoms with Gasteiger partial charge >= 0.3 is 0 Å². The van der Waals surface area contributed by atoms with Crippen LogP contribution in [-0.4, -0.2) is 12.3 Å². The van der Waals surface area contributed by atoms with Crippen LogP contribution in [0.25, 0.3) is 0 Å². The summed E-state index contributed by atoms with van der Waals surface area (Å²) in [4.78, 5) is 9.69. The van der Waals surface area contributed by atoms with E-state index in [0.29, 0.717) is 5.41 Å². The molecule has 0 amide bonds. The van der Waals surface area contributed by atoms with Gasteiger partial charge < -0.3 is 5.73 Å². The third kappa shape index (κ3) is 14.5. The molecule has 0 radical (unpaired) electrons. The van der Waals surface area contributed by atoms with Crippen LogP contribution in [0, 0.1) is 26.2 Å². The molecule has 2 aromatic rings. The first-order valence-electron chi connectivity index (χ1n) is 14.6. The number of hydrogen-bond donors (Lipinski definition) is 1. The lowest BCUT2D eigenvalue weighted by Gasteiger charge is -2.36. The lowest BCUT2D eigenvalue weighted by molar-refractivity contribution is -0.115. The molecule has 0 aromatic heterocycles. The molecule has 0 atom stereocenters. The number of Topliss-reactive ketones (excluding diaryl/α,β-unsaturated/α-hetero) is 1. The molecule has 0 aliphatic carbocycles. The molecule has 2 heteroatoms. The number of allylic oxidation sites excluding steroid dienone is 2. The van der Waals surface area contributed by atoms with Crippen LogP contribution < -0.4 is 5.73 Å². The van der Waals surface area contributed by atoms with Crippen molar-refractivity contribution < 1.29 is 4.79 Å². The van der Waals surface area contributed by atoms with Gasteiger partial charge in [0.1, 0.15) is 5.78 Å². The Hall–Kier alpha value is -2.45. The van der Waals surface area contributed by atoms with Gasteiger partial charge in [-0.3, -0.25) is 4.79 Å². The Kier molecular flexibility index (Phi) is 18.3. The first-order valence-corrected chi connectivity index (χ1v) is 14.6. The van der Waals surface area contributed by atoms with E-state index >= 15 is 0 Å². The van der Waals surface area contributed by atoms with Crippen molar-refractivity contribution in [2.75, 3.05) is 6.54 Å². The molecule has 0 spiro atoms. The van der Waals surface area contributed by atoms with E-state index in [1.54, 1.807) is 0 Å². The van der Waals surface area contributed by atoms with Gasteiger partial charge in [-0.25, -0.2) is 0 Å². The average Bonchev–Trinajstić information content (AvgIpc) is 2.88. The highest BCUT2D eigenvalue weighted by Gasteiger charge is 2.30. The van der Waals surface area contributed by atoms with Gasteiger partial charge in [-0.05, 0) is 102 Å². The highest BCUT2D eigenvalue weighted by Crippen LogP contribution is 2.44. The summed E-state index contributed by atoms with van der Waals surface area (Å²) in [6.45, 7) is 25.8. The summed E-state index contributed by atoms with van der Waals surface area (Å²) in [5.41, 5.74) is 14.9. The van der Waals surface area contributed by atoms with E-state index in [2.05, 4.69) is 104 Å². The van der Waals surface area contributed by atoms with Crippen molar-refractivity contribution >= 4 is 5.78 Å². The molecular formula is C36H57NO. The zero-order valence-electron chi connectivity index (χ0n) is 26.0. The molecule has 0 aliphatic rings. The second-order valence-corrected chi connectivity index (χ2v) is 11.0. The Labute approximate surface area is 235 Å². The number of nitrogens with two attached hydrogens (primary N) is 1. The lowest BCUT2D eigenvalue weighted by Crippen LogP contribution is -2.24. The molecule has 0 bridgehead atoms. The fourth-order valence-electron chi connectivity index (χ4n) is 4.82. The van der Waals surface area contributed by atoms with Gasteiger partial charge in [0.05, 0.1) is 6.54 Å². The van der Waals surface area contributed by atoms with E-state index in [1.807, 2.05) is 0 Å². The normalized spacial score (nSPS) is 10.6. The Bertz CT molecular complexity index is 961. The Morgan fingerprint density at radius 1 is 0.816 bits per heavy atom. The maximum absolute atomic E-state index is 9.69. The molecule has 38 heavy (non-hydrogen) atoms. The third-order valence-corrected chi connectivity index (χ3v) is 7.25. The molecule has 2 nitrogen and oxygen atoms in total. The summed E-state index contributed by atoms with van der Waals surface area (Å²) >= 11 is 0. The number of benzene rings is 2. The van der Waals surface area contributed by atoms with Crippen LogP contribution in [0.1, 0.15) is 107 Å². The van der Waals surface area contributed by atoms with E-state index in [1.165, 1.54) is 78.0 Å². The SMILES string of the molecule is C=C(C)CCC(CCC)(CCC)C(=C)CCc1ccc(C)cc1C.CC(=O)CN.CCc1ccc(C)cc1. The van der Waals surface area contributed by atoms with Crippen LogP contribution in [0.3, 0.4) is 0 Å². The standard InChI is InChI=1S/C24H38.C9H12.C3H7NO/c1-8-15-24(16-9-2,17-14-19(3)4)22(7)11-13-23-12-10-20(5)18-21(23)6;1-3-9-6-4-8(2)5-7-9;1-3(5)2-4/h10,12,18H,3,7-9,11,13-17H2,1-2,4-6H3;4-7H,3H2,1-2H3;2,4H2,1H3. The molecule has 2 rings (SSSR count). The van der Waals surface area contributed by atoms with Gasteiger partial charge in [0.2, 0.25) is 0 Å². The molecule has 0 unspecified atom stereocenters. The van der Waals surface area contributed by atoms with Gasteiger partial charge in [-0.15, -0.1) is 6.58 Å². The molecule has 0 fully saturated rings. The van der Waals surface area contributed by atoms with Crippen molar-refractivity contribution in [2.24, 2.45) is 11.1 Å². The molecule has 0 aliphatic heterocycles. The van der Waals surface area contributed by atoms with Gasteiger partial charge in [-0.2, -0.15) is 0 Å². The molecule has 0 saturated carbocycles. The van der Waals surface area contributed by atoms with Crippen LogP contribution in [0.2, 0.25) is 0 Å². The fraction of sp³-hybridized carbons (Fsp3) is 0.528. The summed E-state index contributed by atoms with van der Waals surface area (Å²) < 4.78 is 0. The minimum Gasteiger partial charge on any atom is -0.324 e. The average molecular weight is 520 g/mol. The summed E-state index contributed by atoms with van der Waals surface area (Å²) in [6.07, 6.45) is 10.7. The van der Waals surface area contributed by atoms with Crippen molar-refractivity contribution in [2.45, 2.75) is 113 Å². The monoisotopic (exact) mass is 519 g/mol. The first-order chi connectivity index (χ1) is 17.9. The predicted octanol–water partition coefficient (Wildman–Crippen LogP) is 9.83. The maximum atomic E-state index is 9.69. The van der Waals surface area contributed by atoms with Crippen molar-refractivity contribution in [1.29, 1.82) is 0 Å². The van der Waals surface area contributed by atoms with E-state index in [0.717, 1.165) is 25.7 Å². The van der Waals surface area contributed by atoms with Crippen molar-refractivity contribution in [1.82, 2.24) is 0 Å². The molecule has 2 N–H and O–H groups in total. The molecule has 212 valence electrons. The topological polar surface area (TPSA) is 43.1 Å². The number of ketones is 1. The number of hydrogen-bond acceptors (Lipinski definition) is 2. The Balaban J connectivity index is 0.000000794. The summed E-state index contributed by atoms with van der Waals surface area (Å²) in [5, 5.41) is 0. The van der Waals surface area contributed by atoms with Crippen LogP contribution in [0.15, 0.2) is 66.8 Å². The van der Waals surface area contributed by atoms with Crippen LogP contribution in [0.5, 0.6) is 0 Å².